The summed E-state index contributed by atoms with van der Waals surface area (Å²) in [6, 6.07) is 0.259. The molecule has 0 spiro atoms. The number of nitrogens with one attached hydrogen (secondary N) is 1. The second-order valence-corrected chi connectivity index (χ2v) is 4.50. The molecule has 0 aromatic carbocycles. The van der Waals surface area contributed by atoms with Gasteiger partial charge in [-0.05, 0) is 13.5 Å². The predicted molar refractivity (Wildman–Crippen MR) is 66.3 cm³/mol. The van der Waals surface area contributed by atoms with Crippen LogP contribution in [0.4, 0.5) is 13.2 Å². The van der Waals surface area contributed by atoms with Crippen LogP contribution in [0.2, 0.25) is 0 Å². The van der Waals surface area contributed by atoms with Gasteiger partial charge in [-0.15, -0.1) is 0 Å². The van der Waals surface area contributed by atoms with E-state index in [1.54, 1.807) is 0 Å². The first-order valence-corrected chi connectivity index (χ1v) is 6.57. The molecule has 1 atom stereocenters. The highest BCUT2D eigenvalue weighted by Crippen LogP contribution is 2.14. The molecular formula is C12H20F3N3O2. The van der Waals surface area contributed by atoms with Crippen LogP contribution in [0.3, 0.4) is 0 Å². The van der Waals surface area contributed by atoms with E-state index in [0.29, 0.717) is 18.1 Å². The molecule has 0 amide bonds. The van der Waals surface area contributed by atoms with Crippen LogP contribution in [0, 0.1) is 0 Å². The van der Waals surface area contributed by atoms with Gasteiger partial charge in [-0.1, -0.05) is 18.5 Å². The van der Waals surface area contributed by atoms with E-state index in [1.165, 1.54) is 0 Å². The lowest BCUT2D eigenvalue weighted by atomic mass is 10.1. The molecule has 1 rings (SSSR count). The third-order valence-electron chi connectivity index (χ3n) is 2.71. The second kappa shape index (κ2) is 8.21. The molecule has 0 radical (unpaired) electrons. The molecule has 0 saturated carbocycles. The molecular weight excluding hydrogens is 275 g/mol. The van der Waals surface area contributed by atoms with E-state index in [2.05, 4.69) is 27.1 Å². The van der Waals surface area contributed by atoms with Crippen LogP contribution < -0.4 is 5.32 Å². The second-order valence-electron chi connectivity index (χ2n) is 4.50. The Labute approximate surface area is 115 Å². The Morgan fingerprint density at radius 1 is 1.40 bits per heavy atom. The third-order valence-corrected chi connectivity index (χ3v) is 2.71. The molecule has 0 bridgehead atoms. The number of alkyl halides is 3. The van der Waals surface area contributed by atoms with Gasteiger partial charge in [0.25, 0.3) is 0 Å². The predicted octanol–water partition coefficient (Wildman–Crippen LogP) is 2.12. The van der Waals surface area contributed by atoms with Crippen molar-refractivity contribution in [2.75, 3.05) is 20.3 Å². The molecule has 20 heavy (non-hydrogen) atoms. The highest BCUT2D eigenvalue weighted by Gasteiger charge is 2.27. The zero-order valence-corrected chi connectivity index (χ0v) is 11.7. The first kappa shape index (κ1) is 16.9. The number of rotatable bonds is 9. The number of ether oxygens (including phenoxy) is 1. The summed E-state index contributed by atoms with van der Waals surface area (Å²) in [7, 11) is 1.86. The third kappa shape index (κ3) is 6.85. The molecule has 116 valence electrons. The maximum absolute atomic E-state index is 11.9. The Bertz CT molecular complexity index is 382. The normalized spacial score (nSPS) is 13.7. The van der Waals surface area contributed by atoms with Crippen LogP contribution in [0.1, 0.15) is 31.5 Å². The number of aromatic nitrogens is 2. The van der Waals surface area contributed by atoms with E-state index >= 15 is 0 Å². The molecule has 1 heterocycles. The van der Waals surface area contributed by atoms with Gasteiger partial charge in [0.05, 0.1) is 6.61 Å². The molecule has 0 fully saturated rings. The lowest BCUT2D eigenvalue weighted by Crippen LogP contribution is -2.27. The van der Waals surface area contributed by atoms with Gasteiger partial charge in [-0.3, -0.25) is 0 Å². The number of hydrogen-bond donors (Lipinski definition) is 1. The fourth-order valence-electron chi connectivity index (χ4n) is 1.73. The van der Waals surface area contributed by atoms with E-state index in [9.17, 15) is 13.2 Å². The van der Waals surface area contributed by atoms with Crippen LogP contribution in [-0.4, -0.2) is 42.6 Å². The van der Waals surface area contributed by atoms with Gasteiger partial charge in [0.1, 0.15) is 6.61 Å². The van der Waals surface area contributed by atoms with Crippen LogP contribution in [0.25, 0.3) is 0 Å². The van der Waals surface area contributed by atoms with Gasteiger partial charge in [-0.2, -0.15) is 18.2 Å². The lowest BCUT2D eigenvalue weighted by Gasteiger charge is -2.11. The Kier molecular flexibility index (Phi) is 6.94. The minimum atomic E-state index is -4.30. The number of halogens is 3. The van der Waals surface area contributed by atoms with Crippen molar-refractivity contribution < 1.29 is 22.4 Å². The Morgan fingerprint density at radius 3 is 2.75 bits per heavy atom. The standard InChI is InChI=1S/C12H20F3N3O2/c1-3-4-9(16-2)7-11-17-10(18-20-11)5-6-19-8-12(13,14)15/h9,16H,3-8H2,1-2H3. The van der Waals surface area contributed by atoms with Gasteiger partial charge < -0.3 is 14.6 Å². The Balaban J connectivity index is 2.32. The maximum Gasteiger partial charge on any atom is 0.411 e. The van der Waals surface area contributed by atoms with Gasteiger partial charge in [0.15, 0.2) is 5.82 Å². The highest BCUT2D eigenvalue weighted by atomic mass is 19.4. The lowest BCUT2D eigenvalue weighted by molar-refractivity contribution is -0.173. The fraction of sp³-hybridized carbons (Fsp3) is 0.833. The first-order chi connectivity index (χ1) is 9.44. The summed E-state index contributed by atoms with van der Waals surface area (Å²) < 4.78 is 45.1. The molecule has 0 aliphatic heterocycles. The van der Waals surface area contributed by atoms with Gasteiger partial charge in [-0.25, -0.2) is 0 Å². The number of hydrogen-bond acceptors (Lipinski definition) is 5. The van der Waals surface area contributed by atoms with Crippen molar-refractivity contribution in [3.63, 3.8) is 0 Å². The molecule has 8 heteroatoms. The van der Waals surface area contributed by atoms with Crippen LogP contribution >= 0.6 is 0 Å². The fourth-order valence-corrected chi connectivity index (χ4v) is 1.73. The van der Waals surface area contributed by atoms with E-state index in [4.69, 9.17) is 4.52 Å². The molecule has 1 unspecified atom stereocenters. The average molecular weight is 295 g/mol. The van der Waals surface area contributed by atoms with Crippen molar-refractivity contribution in [3.8, 4) is 0 Å². The van der Waals surface area contributed by atoms with Crippen molar-refractivity contribution >= 4 is 0 Å². The van der Waals surface area contributed by atoms with E-state index in [0.717, 1.165) is 12.8 Å². The van der Waals surface area contributed by atoms with Gasteiger partial charge >= 0.3 is 6.18 Å². The summed E-state index contributed by atoms with van der Waals surface area (Å²) in [6.45, 7) is 0.751. The van der Waals surface area contributed by atoms with E-state index < -0.39 is 12.8 Å². The molecule has 1 N–H and O–H groups in total. The molecule has 0 aliphatic carbocycles. The summed E-state index contributed by atoms with van der Waals surface area (Å²) in [6.07, 6.45) is -1.46. The molecule has 0 aliphatic rings. The van der Waals surface area contributed by atoms with Crippen molar-refractivity contribution in [3.05, 3.63) is 11.7 Å². The SMILES string of the molecule is CCCC(Cc1nc(CCOCC(F)(F)F)no1)NC. The van der Waals surface area contributed by atoms with Crippen LogP contribution in [0.5, 0.6) is 0 Å². The Hall–Kier alpha value is -1.15. The Morgan fingerprint density at radius 2 is 2.15 bits per heavy atom. The van der Waals surface area contributed by atoms with Crippen molar-refractivity contribution in [1.29, 1.82) is 0 Å². The summed E-state index contributed by atoms with van der Waals surface area (Å²) >= 11 is 0. The minimum Gasteiger partial charge on any atom is -0.372 e. The quantitative estimate of drug-likeness (QED) is 0.707. The van der Waals surface area contributed by atoms with Crippen LogP contribution in [0.15, 0.2) is 4.52 Å². The molecule has 1 aromatic heterocycles. The topological polar surface area (TPSA) is 60.2 Å². The first-order valence-electron chi connectivity index (χ1n) is 6.57. The van der Waals surface area contributed by atoms with Gasteiger partial charge in [0, 0.05) is 18.9 Å². The zero-order valence-electron chi connectivity index (χ0n) is 11.7. The van der Waals surface area contributed by atoms with E-state index in [-0.39, 0.29) is 19.1 Å². The number of nitrogens with zero attached hydrogens (tertiary/aromatic N) is 2. The zero-order chi connectivity index (χ0) is 15.0. The van der Waals surface area contributed by atoms with Crippen molar-refractivity contribution in [2.24, 2.45) is 0 Å². The summed E-state index contributed by atoms with van der Waals surface area (Å²) in [5.41, 5.74) is 0. The van der Waals surface area contributed by atoms with Crippen molar-refractivity contribution in [2.45, 2.75) is 44.8 Å². The average Bonchev–Trinajstić information content (AvgIpc) is 2.81. The maximum atomic E-state index is 11.9. The minimum absolute atomic E-state index is 0.0805. The summed E-state index contributed by atoms with van der Waals surface area (Å²) in [4.78, 5) is 4.14. The molecule has 5 nitrogen and oxygen atoms in total. The molecule has 1 aromatic rings. The largest absolute Gasteiger partial charge is 0.411 e. The summed E-state index contributed by atoms with van der Waals surface area (Å²) in [5.74, 6) is 0.858. The van der Waals surface area contributed by atoms with Gasteiger partial charge in [0.2, 0.25) is 5.89 Å². The monoisotopic (exact) mass is 295 g/mol. The number of likely N-dealkylation sites (N-methyl/N-ethyl adjacent to an activating group) is 1. The van der Waals surface area contributed by atoms with E-state index in [1.807, 2.05) is 7.05 Å². The van der Waals surface area contributed by atoms with Crippen LogP contribution in [-0.2, 0) is 17.6 Å². The molecule has 0 saturated heterocycles. The van der Waals surface area contributed by atoms with Crippen molar-refractivity contribution in [1.82, 2.24) is 15.5 Å². The smallest absolute Gasteiger partial charge is 0.372 e. The summed E-state index contributed by atoms with van der Waals surface area (Å²) in [5, 5.41) is 6.87. The highest BCUT2D eigenvalue weighted by molar-refractivity contribution is 4.89.